The molecule has 2 unspecified atom stereocenters. The second-order valence-corrected chi connectivity index (χ2v) is 6.02. The largest absolute Gasteiger partial charge is 0.491 e. The van der Waals surface area contributed by atoms with Gasteiger partial charge in [0.15, 0.2) is 5.78 Å². The van der Waals surface area contributed by atoms with Crippen LogP contribution in [0.3, 0.4) is 0 Å². The van der Waals surface area contributed by atoms with Gasteiger partial charge in [-0.05, 0) is 56.9 Å². The molecule has 19 heavy (non-hydrogen) atoms. The van der Waals surface area contributed by atoms with Crippen LogP contribution in [0.5, 0.6) is 5.75 Å². The standard InChI is InChI=1S/C17H24O2/c1-12(2)19-16-9-7-14(8-10-16)17(18)15-6-4-5-13(3)11-15/h7-10,12-13,15H,4-6,11H2,1-3H3. The number of benzene rings is 1. The van der Waals surface area contributed by atoms with Crippen LogP contribution in [0, 0.1) is 11.8 Å². The Balaban J connectivity index is 2.02. The fourth-order valence-corrected chi connectivity index (χ4v) is 2.88. The van der Waals surface area contributed by atoms with Crippen LogP contribution in [0.2, 0.25) is 0 Å². The first-order valence-corrected chi connectivity index (χ1v) is 7.37. The van der Waals surface area contributed by atoms with Crippen LogP contribution >= 0.6 is 0 Å². The summed E-state index contributed by atoms with van der Waals surface area (Å²) in [6.45, 7) is 6.25. The highest BCUT2D eigenvalue weighted by Gasteiger charge is 2.25. The van der Waals surface area contributed by atoms with E-state index in [0.717, 1.165) is 24.2 Å². The zero-order valence-electron chi connectivity index (χ0n) is 12.2. The molecule has 0 N–H and O–H groups in total. The van der Waals surface area contributed by atoms with Crippen LogP contribution in [0.1, 0.15) is 56.8 Å². The van der Waals surface area contributed by atoms with E-state index in [0.29, 0.717) is 11.7 Å². The molecule has 0 heterocycles. The Hall–Kier alpha value is -1.31. The van der Waals surface area contributed by atoms with Crippen molar-refractivity contribution in [3.05, 3.63) is 29.8 Å². The second-order valence-electron chi connectivity index (χ2n) is 6.02. The number of hydrogen-bond donors (Lipinski definition) is 0. The highest BCUT2D eigenvalue weighted by atomic mass is 16.5. The van der Waals surface area contributed by atoms with Crippen molar-refractivity contribution in [2.75, 3.05) is 0 Å². The van der Waals surface area contributed by atoms with Crippen molar-refractivity contribution in [3.63, 3.8) is 0 Å². The molecule has 0 aromatic heterocycles. The molecule has 2 atom stereocenters. The minimum Gasteiger partial charge on any atom is -0.491 e. The third kappa shape index (κ3) is 3.82. The van der Waals surface area contributed by atoms with E-state index in [1.54, 1.807) is 0 Å². The monoisotopic (exact) mass is 260 g/mol. The lowest BCUT2D eigenvalue weighted by molar-refractivity contribution is 0.0868. The van der Waals surface area contributed by atoms with Gasteiger partial charge in [-0.3, -0.25) is 4.79 Å². The fraction of sp³-hybridized carbons (Fsp3) is 0.588. The normalized spacial score (nSPS) is 23.4. The SMILES string of the molecule is CC1CCCC(C(=O)c2ccc(OC(C)C)cc2)C1. The van der Waals surface area contributed by atoms with Crippen molar-refractivity contribution >= 4 is 5.78 Å². The van der Waals surface area contributed by atoms with E-state index in [-0.39, 0.29) is 12.0 Å². The van der Waals surface area contributed by atoms with Gasteiger partial charge in [-0.15, -0.1) is 0 Å². The summed E-state index contributed by atoms with van der Waals surface area (Å²) >= 11 is 0. The van der Waals surface area contributed by atoms with Gasteiger partial charge in [-0.2, -0.15) is 0 Å². The summed E-state index contributed by atoms with van der Waals surface area (Å²) in [5, 5.41) is 0. The van der Waals surface area contributed by atoms with Gasteiger partial charge in [-0.25, -0.2) is 0 Å². The molecule has 1 aliphatic rings. The van der Waals surface area contributed by atoms with Crippen molar-refractivity contribution < 1.29 is 9.53 Å². The molecule has 2 nitrogen and oxygen atoms in total. The summed E-state index contributed by atoms with van der Waals surface area (Å²) in [4.78, 5) is 12.4. The highest BCUT2D eigenvalue weighted by Crippen LogP contribution is 2.31. The topological polar surface area (TPSA) is 26.3 Å². The lowest BCUT2D eigenvalue weighted by atomic mass is 9.79. The molecule has 2 rings (SSSR count). The molecule has 1 fully saturated rings. The van der Waals surface area contributed by atoms with Crippen LogP contribution in [-0.4, -0.2) is 11.9 Å². The molecule has 0 spiro atoms. The zero-order chi connectivity index (χ0) is 13.8. The Morgan fingerprint density at radius 3 is 2.47 bits per heavy atom. The number of rotatable bonds is 4. The summed E-state index contributed by atoms with van der Waals surface area (Å²) in [7, 11) is 0. The summed E-state index contributed by atoms with van der Waals surface area (Å²) < 4.78 is 5.60. The Kier molecular flexibility index (Phi) is 4.62. The second kappa shape index (κ2) is 6.23. The molecule has 0 bridgehead atoms. The summed E-state index contributed by atoms with van der Waals surface area (Å²) in [5.74, 6) is 2.05. The quantitative estimate of drug-likeness (QED) is 0.746. The minimum atomic E-state index is 0.167. The van der Waals surface area contributed by atoms with E-state index in [1.807, 2.05) is 38.1 Å². The molecular formula is C17H24O2. The molecule has 1 saturated carbocycles. The van der Waals surface area contributed by atoms with Crippen LogP contribution in [0.25, 0.3) is 0 Å². The van der Waals surface area contributed by atoms with Crippen molar-refractivity contribution in [1.29, 1.82) is 0 Å². The Bertz CT molecular complexity index is 419. The van der Waals surface area contributed by atoms with Crippen molar-refractivity contribution in [2.45, 2.75) is 52.6 Å². The maximum Gasteiger partial charge on any atom is 0.165 e. The molecule has 1 aromatic carbocycles. The van der Waals surface area contributed by atoms with Gasteiger partial charge in [0.1, 0.15) is 5.75 Å². The lowest BCUT2D eigenvalue weighted by Gasteiger charge is -2.25. The third-order valence-corrected chi connectivity index (χ3v) is 3.82. The van der Waals surface area contributed by atoms with E-state index in [9.17, 15) is 4.79 Å². The molecule has 2 heteroatoms. The molecule has 104 valence electrons. The minimum absolute atomic E-state index is 0.167. The van der Waals surface area contributed by atoms with Gasteiger partial charge >= 0.3 is 0 Å². The fourth-order valence-electron chi connectivity index (χ4n) is 2.88. The van der Waals surface area contributed by atoms with Crippen LogP contribution in [0.4, 0.5) is 0 Å². The first kappa shape index (κ1) is 14.1. The number of carbonyl (C=O) groups is 1. The smallest absolute Gasteiger partial charge is 0.165 e. The average molecular weight is 260 g/mol. The van der Waals surface area contributed by atoms with E-state index >= 15 is 0 Å². The molecule has 0 aliphatic heterocycles. The molecule has 0 amide bonds. The maximum atomic E-state index is 12.4. The zero-order valence-corrected chi connectivity index (χ0v) is 12.2. The summed E-state index contributed by atoms with van der Waals surface area (Å²) in [6.07, 6.45) is 4.72. The molecular weight excluding hydrogens is 236 g/mol. The molecule has 0 radical (unpaired) electrons. The van der Waals surface area contributed by atoms with Gasteiger partial charge in [-0.1, -0.05) is 19.8 Å². The summed E-state index contributed by atoms with van der Waals surface area (Å²) in [6, 6.07) is 7.61. The highest BCUT2D eigenvalue weighted by molar-refractivity contribution is 5.98. The molecule has 0 saturated heterocycles. The molecule has 1 aromatic rings. The van der Waals surface area contributed by atoms with Gasteiger partial charge < -0.3 is 4.74 Å². The third-order valence-electron chi connectivity index (χ3n) is 3.82. The van der Waals surface area contributed by atoms with Crippen LogP contribution in [-0.2, 0) is 0 Å². The van der Waals surface area contributed by atoms with Crippen molar-refractivity contribution in [1.82, 2.24) is 0 Å². The Morgan fingerprint density at radius 1 is 1.21 bits per heavy atom. The molecule has 1 aliphatic carbocycles. The van der Waals surface area contributed by atoms with E-state index < -0.39 is 0 Å². The van der Waals surface area contributed by atoms with Gasteiger partial charge in [0.25, 0.3) is 0 Å². The van der Waals surface area contributed by atoms with Crippen LogP contribution < -0.4 is 4.74 Å². The number of ketones is 1. The average Bonchev–Trinajstić information content (AvgIpc) is 2.38. The van der Waals surface area contributed by atoms with Crippen LogP contribution in [0.15, 0.2) is 24.3 Å². The Morgan fingerprint density at radius 2 is 1.89 bits per heavy atom. The summed E-state index contributed by atoms with van der Waals surface area (Å²) in [5.41, 5.74) is 0.829. The van der Waals surface area contributed by atoms with E-state index in [1.165, 1.54) is 12.8 Å². The number of Topliss-reactive ketones (excluding diaryl/α,β-unsaturated/α-hetero) is 1. The first-order valence-electron chi connectivity index (χ1n) is 7.37. The van der Waals surface area contributed by atoms with Gasteiger partial charge in [0, 0.05) is 11.5 Å². The predicted octanol–water partition coefficient (Wildman–Crippen LogP) is 4.48. The van der Waals surface area contributed by atoms with E-state index in [4.69, 9.17) is 4.74 Å². The van der Waals surface area contributed by atoms with Crippen molar-refractivity contribution in [3.8, 4) is 5.75 Å². The van der Waals surface area contributed by atoms with E-state index in [2.05, 4.69) is 6.92 Å². The lowest BCUT2D eigenvalue weighted by Crippen LogP contribution is -2.21. The van der Waals surface area contributed by atoms with Gasteiger partial charge in [0.2, 0.25) is 0 Å². The first-order chi connectivity index (χ1) is 9.06. The Labute approximate surface area is 116 Å². The number of hydrogen-bond acceptors (Lipinski definition) is 2. The maximum absolute atomic E-state index is 12.4. The number of ether oxygens (including phenoxy) is 1. The predicted molar refractivity (Wildman–Crippen MR) is 77.7 cm³/mol. The number of carbonyl (C=O) groups excluding carboxylic acids is 1. The van der Waals surface area contributed by atoms with Gasteiger partial charge in [0.05, 0.1) is 6.10 Å². The van der Waals surface area contributed by atoms with Crippen molar-refractivity contribution in [2.24, 2.45) is 11.8 Å².